The Morgan fingerprint density at radius 1 is 1.39 bits per heavy atom. The van der Waals surface area contributed by atoms with E-state index in [4.69, 9.17) is 16.7 Å². The van der Waals surface area contributed by atoms with Crippen molar-refractivity contribution in [2.24, 2.45) is 0 Å². The molecule has 2 rings (SSSR count). The number of hydrogen-bond donors (Lipinski definition) is 3. The van der Waals surface area contributed by atoms with Gasteiger partial charge < -0.3 is 15.5 Å². The summed E-state index contributed by atoms with van der Waals surface area (Å²) in [6.45, 7) is 0.953. The molecule has 0 radical (unpaired) electrons. The summed E-state index contributed by atoms with van der Waals surface area (Å²) in [4.78, 5) is 0. The van der Waals surface area contributed by atoms with Gasteiger partial charge in [0.2, 0.25) is 0 Å². The number of benzene rings is 1. The number of aliphatic hydroxyl groups excluding tert-OH is 1. The van der Waals surface area contributed by atoms with E-state index in [1.807, 2.05) is 0 Å². The summed E-state index contributed by atoms with van der Waals surface area (Å²) in [7, 11) is 0. The van der Waals surface area contributed by atoms with E-state index in [-0.39, 0.29) is 12.4 Å². The Morgan fingerprint density at radius 3 is 2.94 bits per heavy atom. The Kier molecular flexibility index (Phi) is 4.01. The van der Waals surface area contributed by atoms with E-state index in [2.05, 4.69) is 15.6 Å². The number of phenolic OH excluding ortho intramolecular Hbond substituents is 1. The Hall–Kier alpha value is -1.79. The number of aliphatic hydroxyl groups is 1. The topological polar surface area (TPSA) is 83.2 Å². The van der Waals surface area contributed by atoms with Gasteiger partial charge in [0.25, 0.3) is 0 Å². The summed E-state index contributed by atoms with van der Waals surface area (Å²) in [6.07, 6.45) is 1.76. The summed E-state index contributed by atoms with van der Waals surface area (Å²) in [6, 6.07) is 4.88. The largest absolute Gasteiger partial charge is 0.506 e. The number of nitrogens with one attached hydrogen (secondary N) is 1. The van der Waals surface area contributed by atoms with Crippen LogP contribution < -0.4 is 5.32 Å². The van der Waals surface area contributed by atoms with Crippen LogP contribution in [0.4, 0.5) is 5.69 Å². The van der Waals surface area contributed by atoms with Gasteiger partial charge >= 0.3 is 0 Å². The molecule has 0 bridgehead atoms. The standard InChI is InChI=1S/C11H13ClN4O2/c12-10-5-8(1-2-11(10)18)13-6-9-7-16(3-4-17)15-14-9/h1-2,5,7,13,17-18H,3-4,6H2. The van der Waals surface area contributed by atoms with E-state index >= 15 is 0 Å². The minimum absolute atomic E-state index is 0.0315. The van der Waals surface area contributed by atoms with E-state index in [1.165, 1.54) is 6.07 Å². The highest BCUT2D eigenvalue weighted by molar-refractivity contribution is 6.32. The molecule has 2 aromatic rings. The molecule has 0 atom stereocenters. The molecular formula is C11H13ClN4O2. The van der Waals surface area contributed by atoms with Crippen molar-refractivity contribution in [2.75, 3.05) is 11.9 Å². The quantitative estimate of drug-likeness (QED) is 0.711. The zero-order chi connectivity index (χ0) is 13.0. The Morgan fingerprint density at radius 2 is 2.22 bits per heavy atom. The number of hydrogen-bond acceptors (Lipinski definition) is 5. The molecule has 18 heavy (non-hydrogen) atoms. The molecule has 3 N–H and O–H groups in total. The van der Waals surface area contributed by atoms with Gasteiger partial charge in [-0.1, -0.05) is 16.8 Å². The molecule has 0 amide bonds. The van der Waals surface area contributed by atoms with Crippen LogP contribution in [0.1, 0.15) is 5.69 Å². The molecule has 1 heterocycles. The smallest absolute Gasteiger partial charge is 0.134 e. The van der Waals surface area contributed by atoms with Crippen LogP contribution in [-0.2, 0) is 13.1 Å². The third-order valence-electron chi connectivity index (χ3n) is 2.34. The monoisotopic (exact) mass is 268 g/mol. The number of nitrogens with zero attached hydrogens (tertiary/aromatic N) is 3. The molecule has 96 valence electrons. The number of aromatic nitrogens is 3. The molecule has 6 nitrogen and oxygen atoms in total. The lowest BCUT2D eigenvalue weighted by Gasteiger charge is -2.05. The summed E-state index contributed by atoms with van der Waals surface area (Å²) in [5.41, 5.74) is 1.54. The lowest BCUT2D eigenvalue weighted by Crippen LogP contribution is -2.02. The molecule has 0 aliphatic carbocycles. The van der Waals surface area contributed by atoms with E-state index in [0.717, 1.165) is 11.4 Å². The van der Waals surface area contributed by atoms with Gasteiger partial charge in [0.05, 0.1) is 30.9 Å². The van der Waals surface area contributed by atoms with Crippen LogP contribution in [0, 0.1) is 0 Å². The van der Waals surface area contributed by atoms with E-state index in [0.29, 0.717) is 18.1 Å². The molecule has 0 unspecified atom stereocenters. The molecule has 1 aromatic heterocycles. The van der Waals surface area contributed by atoms with Gasteiger partial charge in [-0.3, -0.25) is 0 Å². The number of phenols is 1. The molecule has 0 fully saturated rings. The summed E-state index contributed by atoms with van der Waals surface area (Å²) < 4.78 is 1.57. The lowest BCUT2D eigenvalue weighted by molar-refractivity contribution is 0.268. The van der Waals surface area contributed by atoms with Crippen molar-refractivity contribution in [3.8, 4) is 5.75 Å². The Labute approximate surface area is 109 Å². The average Bonchev–Trinajstić information content (AvgIpc) is 2.79. The first-order valence-corrected chi connectivity index (χ1v) is 5.79. The van der Waals surface area contributed by atoms with Crippen molar-refractivity contribution < 1.29 is 10.2 Å². The van der Waals surface area contributed by atoms with Gasteiger partial charge in [-0.05, 0) is 18.2 Å². The number of aromatic hydroxyl groups is 1. The second kappa shape index (κ2) is 5.70. The lowest BCUT2D eigenvalue weighted by atomic mass is 10.3. The maximum absolute atomic E-state index is 9.28. The Balaban J connectivity index is 1.95. The van der Waals surface area contributed by atoms with Gasteiger partial charge in [-0.25, -0.2) is 4.68 Å². The predicted octanol–water partition coefficient (Wildman–Crippen LogP) is 1.24. The van der Waals surface area contributed by atoms with Gasteiger partial charge in [-0.2, -0.15) is 0 Å². The second-order valence-corrected chi connectivity index (χ2v) is 4.12. The molecule has 1 aromatic carbocycles. The third kappa shape index (κ3) is 3.12. The van der Waals surface area contributed by atoms with Crippen LogP contribution >= 0.6 is 11.6 Å². The molecular weight excluding hydrogens is 256 g/mol. The van der Waals surface area contributed by atoms with Crippen LogP contribution in [0.5, 0.6) is 5.75 Å². The highest BCUT2D eigenvalue weighted by atomic mass is 35.5. The zero-order valence-corrected chi connectivity index (χ0v) is 10.3. The molecule has 7 heteroatoms. The van der Waals surface area contributed by atoms with Gasteiger partial charge in [0.15, 0.2) is 0 Å². The van der Waals surface area contributed by atoms with Crippen LogP contribution in [0.2, 0.25) is 5.02 Å². The molecule has 0 aliphatic heterocycles. The summed E-state index contributed by atoms with van der Waals surface area (Å²) in [5.74, 6) is 0.0520. The summed E-state index contributed by atoms with van der Waals surface area (Å²) in [5, 5.41) is 29.2. The molecule has 0 aliphatic rings. The number of anilines is 1. The predicted molar refractivity (Wildman–Crippen MR) is 67.6 cm³/mol. The SMILES string of the molecule is OCCn1cc(CNc2ccc(O)c(Cl)c2)nn1. The second-order valence-electron chi connectivity index (χ2n) is 3.72. The highest BCUT2D eigenvalue weighted by Crippen LogP contribution is 2.26. The van der Waals surface area contributed by atoms with Crippen molar-refractivity contribution in [1.82, 2.24) is 15.0 Å². The molecule has 0 saturated heterocycles. The molecule has 0 spiro atoms. The van der Waals surface area contributed by atoms with Crippen LogP contribution in [-0.4, -0.2) is 31.8 Å². The maximum Gasteiger partial charge on any atom is 0.134 e. The molecule has 0 saturated carbocycles. The van der Waals surface area contributed by atoms with Gasteiger partial charge in [-0.15, -0.1) is 5.10 Å². The Bertz CT molecular complexity index is 530. The zero-order valence-electron chi connectivity index (χ0n) is 9.54. The van der Waals surface area contributed by atoms with Gasteiger partial charge in [0.1, 0.15) is 11.4 Å². The van der Waals surface area contributed by atoms with E-state index in [1.54, 1.807) is 23.0 Å². The van der Waals surface area contributed by atoms with E-state index < -0.39 is 0 Å². The first-order chi connectivity index (χ1) is 8.69. The van der Waals surface area contributed by atoms with Crippen LogP contribution in [0.3, 0.4) is 0 Å². The summed E-state index contributed by atoms with van der Waals surface area (Å²) >= 11 is 5.79. The minimum atomic E-state index is 0.0315. The first kappa shape index (κ1) is 12.7. The normalized spacial score (nSPS) is 10.6. The van der Waals surface area contributed by atoms with Crippen LogP contribution in [0.25, 0.3) is 0 Å². The van der Waals surface area contributed by atoms with Crippen LogP contribution in [0.15, 0.2) is 24.4 Å². The fourth-order valence-corrected chi connectivity index (χ4v) is 1.62. The number of rotatable bonds is 5. The first-order valence-electron chi connectivity index (χ1n) is 5.41. The van der Waals surface area contributed by atoms with Crippen molar-refractivity contribution >= 4 is 17.3 Å². The van der Waals surface area contributed by atoms with E-state index in [9.17, 15) is 5.11 Å². The number of halogens is 1. The van der Waals surface area contributed by atoms with Crippen molar-refractivity contribution in [1.29, 1.82) is 0 Å². The third-order valence-corrected chi connectivity index (χ3v) is 2.64. The minimum Gasteiger partial charge on any atom is -0.506 e. The highest BCUT2D eigenvalue weighted by Gasteiger charge is 2.02. The van der Waals surface area contributed by atoms with Crippen molar-refractivity contribution in [3.63, 3.8) is 0 Å². The fourth-order valence-electron chi connectivity index (χ4n) is 1.44. The fraction of sp³-hybridized carbons (Fsp3) is 0.273. The average molecular weight is 269 g/mol. The van der Waals surface area contributed by atoms with Crippen molar-refractivity contribution in [3.05, 3.63) is 35.1 Å². The maximum atomic E-state index is 9.28. The van der Waals surface area contributed by atoms with Crippen molar-refractivity contribution in [2.45, 2.75) is 13.1 Å². The van der Waals surface area contributed by atoms with Gasteiger partial charge in [0, 0.05) is 5.69 Å².